The van der Waals surface area contributed by atoms with Crippen molar-refractivity contribution in [1.29, 1.82) is 0 Å². The fourth-order valence-corrected chi connectivity index (χ4v) is 4.27. The lowest BCUT2D eigenvalue weighted by molar-refractivity contribution is -0.146. The Balaban J connectivity index is 1.14. The summed E-state index contributed by atoms with van der Waals surface area (Å²) < 4.78 is 24.6. The van der Waals surface area contributed by atoms with Crippen LogP contribution in [0.4, 0.5) is 4.39 Å². The molecule has 2 fully saturated rings. The highest BCUT2D eigenvalue weighted by atomic mass is 19.1. The zero-order valence-corrected chi connectivity index (χ0v) is 16.5. The molecule has 1 saturated carbocycles. The molecule has 0 spiro atoms. The Bertz CT molecular complexity index is 956. The second-order valence-electron chi connectivity index (χ2n) is 8.02. The molecule has 156 valence electrons. The first kappa shape index (κ1) is 18.9. The van der Waals surface area contributed by atoms with Crippen LogP contribution in [0.15, 0.2) is 48.5 Å². The fourth-order valence-electron chi connectivity index (χ4n) is 4.27. The van der Waals surface area contributed by atoms with Crippen molar-refractivity contribution in [2.45, 2.75) is 18.4 Å². The summed E-state index contributed by atoms with van der Waals surface area (Å²) in [6.45, 7) is 2.19. The average molecular weight is 410 g/mol. The molecule has 2 aliphatic heterocycles. The van der Waals surface area contributed by atoms with Gasteiger partial charge in [-0.15, -0.1) is 0 Å². The van der Waals surface area contributed by atoms with Crippen LogP contribution in [0.25, 0.3) is 0 Å². The number of piperazine rings is 1. The average Bonchev–Trinajstić information content (AvgIpc) is 3.59. The molecule has 5 rings (SSSR count). The highest BCUT2D eigenvalue weighted by molar-refractivity contribution is 5.84. The van der Waals surface area contributed by atoms with Crippen LogP contribution in [0.5, 0.6) is 11.5 Å². The van der Waals surface area contributed by atoms with Gasteiger partial charge in [-0.05, 0) is 42.2 Å². The topological polar surface area (TPSA) is 59.1 Å². The number of nitrogens with zero attached hydrogens (tertiary/aromatic N) is 2. The van der Waals surface area contributed by atoms with E-state index in [-0.39, 0.29) is 36.1 Å². The first-order valence-electron chi connectivity index (χ1n) is 10.3. The molecule has 1 aliphatic carbocycles. The van der Waals surface area contributed by atoms with Crippen LogP contribution < -0.4 is 9.47 Å². The number of amides is 2. The van der Waals surface area contributed by atoms with Gasteiger partial charge in [0.15, 0.2) is 11.5 Å². The minimum absolute atomic E-state index is 0.0377. The molecule has 6 nitrogen and oxygen atoms in total. The summed E-state index contributed by atoms with van der Waals surface area (Å²) in [7, 11) is 0. The molecule has 30 heavy (non-hydrogen) atoms. The van der Waals surface area contributed by atoms with Gasteiger partial charge in [0.25, 0.3) is 5.91 Å². The van der Waals surface area contributed by atoms with E-state index < -0.39 is 6.10 Å². The number of para-hydroxylation sites is 2. The van der Waals surface area contributed by atoms with E-state index in [0.717, 1.165) is 12.0 Å². The number of benzene rings is 2. The van der Waals surface area contributed by atoms with Gasteiger partial charge in [0.2, 0.25) is 12.0 Å². The number of carbonyl (C=O) groups is 2. The van der Waals surface area contributed by atoms with E-state index in [0.29, 0.717) is 37.7 Å². The second-order valence-corrected chi connectivity index (χ2v) is 8.02. The van der Waals surface area contributed by atoms with Gasteiger partial charge in [-0.1, -0.05) is 24.3 Å². The maximum absolute atomic E-state index is 13.1. The predicted molar refractivity (Wildman–Crippen MR) is 107 cm³/mol. The molecule has 3 atom stereocenters. The van der Waals surface area contributed by atoms with Crippen molar-refractivity contribution in [2.75, 3.05) is 32.8 Å². The fraction of sp³-hybridized carbons (Fsp3) is 0.391. The van der Waals surface area contributed by atoms with Crippen molar-refractivity contribution in [2.24, 2.45) is 5.92 Å². The summed E-state index contributed by atoms with van der Waals surface area (Å²) >= 11 is 0. The highest BCUT2D eigenvalue weighted by Gasteiger charge is 2.46. The molecular weight excluding hydrogens is 387 g/mol. The van der Waals surface area contributed by atoms with Crippen LogP contribution in [0, 0.1) is 11.7 Å². The lowest BCUT2D eigenvalue weighted by Crippen LogP contribution is -2.55. The molecule has 2 amide bonds. The number of rotatable bonds is 3. The standard InChI is InChI=1S/C23H23FN2O4/c24-16-7-5-15(6-8-16)17-13-18(17)22(27)25-9-11-26(12-10-25)23(28)21-14-29-19-3-1-2-4-20(19)30-21/h1-8,17-18,21H,9-14H2/t17-,18+,21-/m1/s1. The summed E-state index contributed by atoms with van der Waals surface area (Å²) in [5.41, 5.74) is 1.01. The van der Waals surface area contributed by atoms with E-state index in [1.807, 2.05) is 23.1 Å². The van der Waals surface area contributed by atoms with E-state index in [4.69, 9.17) is 9.47 Å². The van der Waals surface area contributed by atoms with Crippen molar-refractivity contribution in [3.63, 3.8) is 0 Å². The number of hydrogen-bond donors (Lipinski definition) is 0. The van der Waals surface area contributed by atoms with Gasteiger partial charge in [0, 0.05) is 32.1 Å². The van der Waals surface area contributed by atoms with E-state index >= 15 is 0 Å². The van der Waals surface area contributed by atoms with Crippen LogP contribution in [0.2, 0.25) is 0 Å². The van der Waals surface area contributed by atoms with Gasteiger partial charge >= 0.3 is 0 Å². The van der Waals surface area contributed by atoms with Crippen molar-refractivity contribution in [3.8, 4) is 11.5 Å². The monoisotopic (exact) mass is 410 g/mol. The third kappa shape index (κ3) is 3.60. The van der Waals surface area contributed by atoms with Crippen molar-refractivity contribution < 1.29 is 23.5 Å². The van der Waals surface area contributed by atoms with Gasteiger partial charge in [-0.2, -0.15) is 0 Å². The normalized spacial score (nSPS) is 25.0. The molecule has 2 aromatic rings. The van der Waals surface area contributed by atoms with Crippen molar-refractivity contribution in [1.82, 2.24) is 9.80 Å². The third-order valence-corrected chi connectivity index (χ3v) is 6.09. The van der Waals surface area contributed by atoms with Gasteiger partial charge in [0.1, 0.15) is 12.4 Å². The molecule has 3 aliphatic rings. The van der Waals surface area contributed by atoms with Gasteiger partial charge < -0.3 is 19.3 Å². The zero-order chi connectivity index (χ0) is 20.7. The number of ether oxygens (including phenoxy) is 2. The summed E-state index contributed by atoms with van der Waals surface area (Å²) in [5, 5.41) is 0. The molecular formula is C23H23FN2O4. The Kier molecular flexibility index (Phi) is 4.81. The third-order valence-electron chi connectivity index (χ3n) is 6.09. The van der Waals surface area contributed by atoms with Crippen molar-refractivity contribution in [3.05, 3.63) is 59.9 Å². The minimum Gasteiger partial charge on any atom is -0.485 e. The van der Waals surface area contributed by atoms with Crippen LogP contribution in [0.1, 0.15) is 17.9 Å². The van der Waals surface area contributed by atoms with E-state index in [2.05, 4.69) is 0 Å². The quantitative estimate of drug-likeness (QED) is 0.780. The molecule has 0 bridgehead atoms. The van der Waals surface area contributed by atoms with Crippen LogP contribution in [0.3, 0.4) is 0 Å². The van der Waals surface area contributed by atoms with Crippen molar-refractivity contribution >= 4 is 11.8 Å². The second kappa shape index (κ2) is 7.63. The van der Waals surface area contributed by atoms with E-state index in [9.17, 15) is 14.0 Å². The lowest BCUT2D eigenvalue weighted by Gasteiger charge is -2.37. The van der Waals surface area contributed by atoms with Crippen LogP contribution in [-0.4, -0.2) is 60.5 Å². The Morgan fingerprint density at radius 1 is 0.867 bits per heavy atom. The molecule has 0 unspecified atom stereocenters. The van der Waals surface area contributed by atoms with Gasteiger partial charge in [-0.25, -0.2) is 4.39 Å². The smallest absolute Gasteiger partial charge is 0.267 e. The summed E-state index contributed by atoms with van der Waals surface area (Å²) in [6, 6.07) is 13.7. The highest BCUT2D eigenvalue weighted by Crippen LogP contribution is 2.48. The van der Waals surface area contributed by atoms with Crippen LogP contribution >= 0.6 is 0 Å². The predicted octanol–water partition coefficient (Wildman–Crippen LogP) is 2.44. The SMILES string of the molecule is O=C([C@H]1C[C@@H]1c1ccc(F)cc1)N1CCN(C(=O)[C@H]2COc3ccccc3O2)CC1. The summed E-state index contributed by atoms with van der Waals surface area (Å²) in [4.78, 5) is 29.3. The first-order valence-corrected chi connectivity index (χ1v) is 10.3. The lowest BCUT2D eigenvalue weighted by atomic mass is 10.1. The molecule has 2 heterocycles. The molecule has 0 aromatic heterocycles. The number of fused-ring (bicyclic) bond motifs is 1. The van der Waals surface area contributed by atoms with Gasteiger partial charge in [-0.3, -0.25) is 9.59 Å². The number of carbonyl (C=O) groups excluding carboxylic acids is 2. The number of halogens is 1. The minimum atomic E-state index is -0.659. The zero-order valence-electron chi connectivity index (χ0n) is 16.5. The first-order chi connectivity index (χ1) is 14.6. The molecule has 7 heteroatoms. The van der Waals surface area contributed by atoms with E-state index in [1.54, 1.807) is 23.1 Å². The Labute approximate surface area is 174 Å². The molecule has 0 N–H and O–H groups in total. The van der Waals surface area contributed by atoms with Gasteiger partial charge in [0.05, 0.1) is 0 Å². The summed E-state index contributed by atoms with van der Waals surface area (Å²) in [6.07, 6.45) is 0.143. The van der Waals surface area contributed by atoms with Crippen LogP contribution in [-0.2, 0) is 9.59 Å². The molecule has 0 radical (unpaired) electrons. The Morgan fingerprint density at radius 3 is 2.20 bits per heavy atom. The molecule has 1 saturated heterocycles. The maximum atomic E-state index is 13.1. The molecule has 2 aromatic carbocycles. The largest absolute Gasteiger partial charge is 0.485 e. The summed E-state index contributed by atoms with van der Waals surface area (Å²) in [5.74, 6) is 1.12. The Morgan fingerprint density at radius 2 is 1.50 bits per heavy atom. The van der Waals surface area contributed by atoms with E-state index in [1.165, 1.54) is 12.1 Å². The Hall–Kier alpha value is -3.09. The maximum Gasteiger partial charge on any atom is 0.267 e. The number of hydrogen-bond acceptors (Lipinski definition) is 4.